The van der Waals surface area contributed by atoms with Gasteiger partial charge in [-0.1, -0.05) is 13.0 Å². The third-order valence-electron chi connectivity index (χ3n) is 2.96. The van der Waals surface area contributed by atoms with Crippen molar-refractivity contribution in [2.45, 2.75) is 25.0 Å². The highest BCUT2D eigenvalue weighted by atomic mass is 16.6. The van der Waals surface area contributed by atoms with Gasteiger partial charge in [-0.25, -0.2) is 0 Å². The normalized spacial score (nSPS) is 28.1. The van der Waals surface area contributed by atoms with E-state index in [1.165, 1.54) is 11.1 Å². The van der Waals surface area contributed by atoms with E-state index in [0.717, 1.165) is 25.1 Å². The van der Waals surface area contributed by atoms with Gasteiger partial charge in [0, 0.05) is 6.54 Å². The van der Waals surface area contributed by atoms with Crippen molar-refractivity contribution in [1.29, 1.82) is 0 Å². The van der Waals surface area contributed by atoms with Crippen molar-refractivity contribution in [3.05, 3.63) is 36.2 Å². The molecular weight excluding hydrogens is 190 g/mol. The zero-order valence-corrected chi connectivity index (χ0v) is 8.53. The molecule has 0 amide bonds. The molecule has 79 valence electrons. The topological polar surface area (TPSA) is 33.8 Å². The minimum absolute atomic E-state index is 0.266. The Kier molecular flexibility index (Phi) is 2.15. The second kappa shape index (κ2) is 3.51. The molecule has 2 aliphatic rings. The van der Waals surface area contributed by atoms with E-state index in [2.05, 4.69) is 24.5 Å². The summed E-state index contributed by atoms with van der Waals surface area (Å²) < 4.78 is 5.52. The lowest BCUT2D eigenvalue weighted by Crippen LogP contribution is -2.26. The summed E-state index contributed by atoms with van der Waals surface area (Å²) in [7, 11) is 0. The zero-order valence-electron chi connectivity index (χ0n) is 8.53. The van der Waals surface area contributed by atoms with E-state index in [4.69, 9.17) is 9.57 Å². The molecule has 0 bridgehead atoms. The summed E-state index contributed by atoms with van der Waals surface area (Å²) >= 11 is 0. The summed E-state index contributed by atoms with van der Waals surface area (Å²) in [5.74, 6) is 0.942. The molecule has 0 aromatic heterocycles. The Balaban J connectivity index is 1.85. The van der Waals surface area contributed by atoms with Gasteiger partial charge in [-0.2, -0.15) is 5.48 Å². The van der Waals surface area contributed by atoms with Crippen LogP contribution in [-0.2, 0) is 11.2 Å². The Hall–Kier alpha value is -1.06. The highest BCUT2D eigenvalue weighted by Crippen LogP contribution is 2.41. The lowest BCUT2D eigenvalue weighted by Gasteiger charge is -2.17. The highest BCUT2D eigenvalue weighted by Gasteiger charge is 2.38. The Morgan fingerprint density at radius 2 is 2.40 bits per heavy atom. The van der Waals surface area contributed by atoms with Crippen molar-refractivity contribution in [2.75, 3.05) is 6.54 Å². The van der Waals surface area contributed by atoms with Gasteiger partial charge in [0.25, 0.3) is 0 Å². The highest BCUT2D eigenvalue weighted by molar-refractivity contribution is 5.40. The number of fused-ring (bicyclic) bond motifs is 1. The maximum Gasteiger partial charge on any atom is 0.150 e. The van der Waals surface area contributed by atoms with E-state index in [1.807, 2.05) is 6.07 Å². The van der Waals surface area contributed by atoms with E-state index in [0.29, 0.717) is 6.10 Å². The molecule has 3 rings (SSSR count). The van der Waals surface area contributed by atoms with Gasteiger partial charge in [-0.3, -0.25) is 0 Å². The number of hydroxylamine groups is 1. The van der Waals surface area contributed by atoms with Crippen LogP contribution in [0.4, 0.5) is 0 Å². The summed E-state index contributed by atoms with van der Waals surface area (Å²) in [6.07, 6.45) is 2.46. The molecule has 2 heterocycles. The van der Waals surface area contributed by atoms with Crippen LogP contribution < -0.4 is 10.3 Å². The van der Waals surface area contributed by atoms with Crippen molar-refractivity contribution in [3.8, 4) is 5.75 Å². The van der Waals surface area contributed by atoms with Gasteiger partial charge in [-0.15, -0.1) is 0 Å². The fourth-order valence-corrected chi connectivity index (χ4v) is 2.04. The van der Waals surface area contributed by atoms with Crippen molar-refractivity contribution in [2.24, 2.45) is 0 Å². The second-order valence-electron chi connectivity index (χ2n) is 4.00. The maximum absolute atomic E-state index is 5.52. The van der Waals surface area contributed by atoms with Crippen molar-refractivity contribution in [1.82, 2.24) is 5.48 Å². The standard InChI is InChI=1S/C12H14NO2/c1-2-10-12(14-10)9-3-4-11-8(7-9)5-6-13-15-11/h3-4,7,10,12-13H,1-2,5-6H2. The van der Waals surface area contributed by atoms with Crippen LogP contribution >= 0.6 is 0 Å². The van der Waals surface area contributed by atoms with Gasteiger partial charge in [0.05, 0.1) is 6.10 Å². The van der Waals surface area contributed by atoms with Gasteiger partial charge in [0.15, 0.2) is 0 Å². The fourth-order valence-electron chi connectivity index (χ4n) is 2.04. The van der Waals surface area contributed by atoms with Gasteiger partial charge in [0.2, 0.25) is 0 Å². The molecule has 1 radical (unpaired) electrons. The summed E-state index contributed by atoms with van der Waals surface area (Å²) in [4.78, 5) is 5.33. The van der Waals surface area contributed by atoms with Crippen LogP contribution in [0.2, 0.25) is 0 Å². The minimum atomic E-state index is 0.266. The molecule has 1 aromatic carbocycles. The number of hydrogen-bond acceptors (Lipinski definition) is 3. The monoisotopic (exact) mass is 204 g/mol. The third kappa shape index (κ3) is 1.62. The minimum Gasteiger partial charge on any atom is -0.408 e. The lowest BCUT2D eigenvalue weighted by molar-refractivity contribution is 0.179. The van der Waals surface area contributed by atoms with Crippen LogP contribution in [0.5, 0.6) is 5.75 Å². The Labute approximate surface area is 89.3 Å². The van der Waals surface area contributed by atoms with Crippen molar-refractivity contribution >= 4 is 0 Å². The quantitative estimate of drug-likeness (QED) is 0.746. The average molecular weight is 204 g/mol. The molecule has 15 heavy (non-hydrogen) atoms. The lowest BCUT2D eigenvalue weighted by atomic mass is 10.0. The van der Waals surface area contributed by atoms with Gasteiger partial charge in [-0.05, 0) is 36.1 Å². The summed E-state index contributed by atoms with van der Waals surface area (Å²) in [5.41, 5.74) is 5.41. The molecule has 0 spiro atoms. The average Bonchev–Trinajstić information content (AvgIpc) is 3.08. The van der Waals surface area contributed by atoms with Gasteiger partial charge < -0.3 is 9.57 Å². The molecular formula is C12H14NO2. The largest absolute Gasteiger partial charge is 0.408 e. The van der Waals surface area contributed by atoms with Crippen LogP contribution in [0.3, 0.4) is 0 Å². The first kappa shape index (κ1) is 9.19. The summed E-state index contributed by atoms with van der Waals surface area (Å²) in [6.45, 7) is 4.73. The molecule has 1 fully saturated rings. The first-order chi connectivity index (χ1) is 7.38. The molecule has 3 heteroatoms. The Morgan fingerprint density at radius 3 is 3.20 bits per heavy atom. The second-order valence-corrected chi connectivity index (χ2v) is 4.00. The molecule has 3 nitrogen and oxygen atoms in total. The fraction of sp³-hybridized carbons (Fsp3) is 0.417. The number of hydrogen-bond donors (Lipinski definition) is 1. The molecule has 2 atom stereocenters. The van der Waals surface area contributed by atoms with Gasteiger partial charge in [0.1, 0.15) is 11.9 Å². The molecule has 1 N–H and O–H groups in total. The number of rotatable bonds is 2. The van der Waals surface area contributed by atoms with Crippen molar-refractivity contribution in [3.63, 3.8) is 0 Å². The molecule has 0 saturated carbocycles. The first-order valence-corrected chi connectivity index (χ1v) is 5.36. The molecule has 2 aliphatic heterocycles. The predicted octanol–water partition coefficient (Wildman–Crippen LogP) is 1.79. The van der Waals surface area contributed by atoms with Crippen LogP contribution in [-0.4, -0.2) is 12.6 Å². The van der Waals surface area contributed by atoms with Crippen LogP contribution in [0, 0.1) is 6.92 Å². The van der Waals surface area contributed by atoms with E-state index in [1.54, 1.807) is 0 Å². The van der Waals surface area contributed by atoms with Crippen LogP contribution in [0.15, 0.2) is 18.2 Å². The molecule has 1 saturated heterocycles. The predicted molar refractivity (Wildman–Crippen MR) is 56.4 cm³/mol. The van der Waals surface area contributed by atoms with Crippen LogP contribution in [0.25, 0.3) is 0 Å². The van der Waals surface area contributed by atoms with E-state index in [-0.39, 0.29) is 6.10 Å². The van der Waals surface area contributed by atoms with Gasteiger partial charge >= 0.3 is 0 Å². The summed E-state index contributed by atoms with van der Waals surface area (Å²) in [5, 5.41) is 0. The van der Waals surface area contributed by atoms with E-state index in [9.17, 15) is 0 Å². The number of nitrogens with one attached hydrogen (secondary N) is 1. The molecule has 2 unspecified atom stereocenters. The zero-order chi connectivity index (χ0) is 10.3. The van der Waals surface area contributed by atoms with Crippen molar-refractivity contribution < 1.29 is 9.57 Å². The molecule has 0 aliphatic carbocycles. The SMILES string of the molecule is [CH2]CC1OC1c1ccc2c(c1)CCNO2. The first-order valence-electron chi connectivity index (χ1n) is 5.36. The number of epoxide rings is 1. The third-order valence-corrected chi connectivity index (χ3v) is 2.96. The number of ether oxygens (including phenoxy) is 1. The van der Waals surface area contributed by atoms with Crippen LogP contribution in [0.1, 0.15) is 23.7 Å². The van der Waals surface area contributed by atoms with E-state index < -0.39 is 0 Å². The summed E-state index contributed by atoms with van der Waals surface area (Å²) in [6, 6.07) is 6.28. The molecule has 1 aromatic rings. The maximum atomic E-state index is 5.52. The van der Waals surface area contributed by atoms with E-state index >= 15 is 0 Å². The Morgan fingerprint density at radius 1 is 1.47 bits per heavy atom. The number of benzene rings is 1. The Bertz CT molecular complexity index is 378. The smallest absolute Gasteiger partial charge is 0.150 e.